The zero-order valence-electron chi connectivity index (χ0n) is 7.49. The van der Waals surface area contributed by atoms with Gasteiger partial charge in [-0.25, -0.2) is 0 Å². The van der Waals surface area contributed by atoms with Crippen molar-refractivity contribution >= 4 is 10.9 Å². The van der Waals surface area contributed by atoms with E-state index in [-0.39, 0.29) is 0 Å². The van der Waals surface area contributed by atoms with Gasteiger partial charge in [0.1, 0.15) is 0 Å². The normalized spacial score (nSPS) is 10.2. The van der Waals surface area contributed by atoms with Gasteiger partial charge >= 0.3 is 0 Å². The van der Waals surface area contributed by atoms with E-state index in [1.54, 1.807) is 0 Å². The summed E-state index contributed by atoms with van der Waals surface area (Å²) < 4.78 is 1.91. The Bertz CT molecular complexity index is 474. The average molecular weight is 170 g/mol. The number of nitrogens with zero attached hydrogens (tertiary/aromatic N) is 2. The molecule has 0 bridgehead atoms. The van der Waals surface area contributed by atoms with Crippen LogP contribution in [0, 0.1) is 12.3 Å². The van der Waals surface area contributed by atoms with Crippen LogP contribution in [-0.2, 0) is 6.54 Å². The Balaban J connectivity index is 2.65. The molecule has 0 amide bonds. The fourth-order valence-electron chi connectivity index (χ4n) is 1.33. The number of hydrogen-bond acceptors (Lipinski definition) is 1. The molecular formula is C11H10N2. The summed E-state index contributed by atoms with van der Waals surface area (Å²) in [5, 5.41) is 5.46. The minimum Gasteiger partial charge on any atom is -0.272 e. The second-order valence-electron chi connectivity index (χ2n) is 2.90. The molecule has 0 aliphatic carbocycles. The molecule has 1 aromatic carbocycles. The van der Waals surface area contributed by atoms with E-state index in [1.165, 1.54) is 0 Å². The van der Waals surface area contributed by atoms with Crippen LogP contribution in [0.2, 0.25) is 0 Å². The molecule has 0 aliphatic heterocycles. The number of aryl methyl sites for hydroxylation is 1. The van der Waals surface area contributed by atoms with Crippen LogP contribution in [-0.4, -0.2) is 9.78 Å². The Kier molecular flexibility index (Phi) is 1.79. The maximum atomic E-state index is 5.30. The first-order valence-corrected chi connectivity index (χ1v) is 4.27. The van der Waals surface area contributed by atoms with Crippen molar-refractivity contribution in [2.75, 3.05) is 0 Å². The van der Waals surface area contributed by atoms with E-state index in [2.05, 4.69) is 17.9 Å². The molecule has 0 unspecified atom stereocenters. The Hall–Kier alpha value is -1.75. The van der Waals surface area contributed by atoms with Gasteiger partial charge < -0.3 is 0 Å². The molecule has 64 valence electrons. The maximum absolute atomic E-state index is 5.30. The van der Waals surface area contributed by atoms with Gasteiger partial charge in [0.25, 0.3) is 0 Å². The average Bonchev–Trinajstić information content (AvgIpc) is 2.58. The van der Waals surface area contributed by atoms with Crippen molar-refractivity contribution < 1.29 is 0 Å². The van der Waals surface area contributed by atoms with Gasteiger partial charge in [0.15, 0.2) is 0 Å². The van der Waals surface area contributed by atoms with E-state index in [9.17, 15) is 0 Å². The Morgan fingerprint density at radius 3 is 3.08 bits per heavy atom. The third-order valence-corrected chi connectivity index (χ3v) is 2.04. The third-order valence-electron chi connectivity index (χ3n) is 2.04. The summed E-state index contributed by atoms with van der Waals surface area (Å²) in [7, 11) is 0. The van der Waals surface area contributed by atoms with Gasteiger partial charge in [0.2, 0.25) is 0 Å². The number of fused-ring (bicyclic) bond motifs is 1. The number of benzene rings is 1. The molecule has 2 nitrogen and oxygen atoms in total. The molecule has 13 heavy (non-hydrogen) atoms. The number of aromatic nitrogens is 2. The predicted molar refractivity (Wildman–Crippen MR) is 53.3 cm³/mol. The van der Waals surface area contributed by atoms with E-state index in [0.717, 1.165) is 23.0 Å². The molecule has 2 aromatic rings. The molecule has 0 radical (unpaired) electrons. The van der Waals surface area contributed by atoms with Crippen LogP contribution in [0.3, 0.4) is 0 Å². The molecule has 0 spiro atoms. The smallest absolute Gasteiger partial charge is 0.0924 e. The lowest BCUT2D eigenvalue weighted by molar-refractivity contribution is 0.668. The minimum atomic E-state index is 0.889. The highest BCUT2D eigenvalue weighted by Gasteiger charge is 1.98. The zero-order chi connectivity index (χ0) is 9.26. The molecule has 1 aromatic heterocycles. The second-order valence-corrected chi connectivity index (χ2v) is 2.90. The van der Waals surface area contributed by atoms with Gasteiger partial charge in [-0.05, 0) is 25.1 Å². The van der Waals surface area contributed by atoms with Gasteiger partial charge in [0.05, 0.1) is 5.52 Å². The summed E-state index contributed by atoms with van der Waals surface area (Å²) in [4.78, 5) is 0. The molecule has 0 saturated heterocycles. The van der Waals surface area contributed by atoms with Crippen molar-refractivity contribution in [3.05, 3.63) is 30.0 Å². The molecular weight excluding hydrogens is 160 g/mol. The Labute approximate surface area is 77.2 Å². The molecule has 1 heterocycles. The fraction of sp³-hybridized carbons (Fsp3) is 0.182. The highest BCUT2D eigenvalue weighted by Crippen LogP contribution is 2.13. The van der Waals surface area contributed by atoms with Crippen LogP contribution in [0.15, 0.2) is 24.4 Å². The molecule has 0 N–H and O–H groups in total. The summed E-state index contributed by atoms with van der Waals surface area (Å²) in [6.07, 6.45) is 7.31. The lowest BCUT2D eigenvalue weighted by atomic mass is 10.2. The highest BCUT2D eigenvalue weighted by atomic mass is 15.3. The number of hydrogen-bond donors (Lipinski definition) is 0. The van der Waals surface area contributed by atoms with Gasteiger partial charge in [-0.2, -0.15) is 5.10 Å². The van der Waals surface area contributed by atoms with Crippen LogP contribution in [0.5, 0.6) is 0 Å². The maximum Gasteiger partial charge on any atom is 0.0924 e. The predicted octanol–water partition coefficient (Wildman–Crippen LogP) is 2.04. The molecule has 0 atom stereocenters. The van der Waals surface area contributed by atoms with Crippen molar-refractivity contribution in [1.82, 2.24) is 9.78 Å². The van der Waals surface area contributed by atoms with Crippen LogP contribution < -0.4 is 0 Å². The molecule has 2 heteroatoms. The lowest BCUT2D eigenvalue weighted by Gasteiger charge is -1.88. The van der Waals surface area contributed by atoms with Gasteiger partial charge in [-0.15, -0.1) is 6.42 Å². The summed E-state index contributed by atoms with van der Waals surface area (Å²) in [5.41, 5.74) is 1.91. The first kappa shape index (κ1) is 7.88. The van der Waals surface area contributed by atoms with Gasteiger partial charge in [-0.1, -0.05) is 5.92 Å². The van der Waals surface area contributed by atoms with Gasteiger partial charge in [-0.3, -0.25) is 4.68 Å². The van der Waals surface area contributed by atoms with E-state index in [1.807, 2.05) is 29.1 Å². The number of terminal acetylenes is 1. The molecule has 0 fully saturated rings. The van der Waals surface area contributed by atoms with E-state index in [4.69, 9.17) is 6.42 Å². The van der Waals surface area contributed by atoms with Crippen molar-refractivity contribution in [2.45, 2.75) is 13.5 Å². The Morgan fingerprint density at radius 2 is 2.38 bits per heavy atom. The van der Waals surface area contributed by atoms with Gasteiger partial charge in [0, 0.05) is 23.7 Å². The van der Waals surface area contributed by atoms with Crippen molar-refractivity contribution in [2.24, 2.45) is 0 Å². The molecule has 2 rings (SSSR count). The van der Waals surface area contributed by atoms with E-state index >= 15 is 0 Å². The quantitative estimate of drug-likeness (QED) is 0.599. The van der Waals surface area contributed by atoms with E-state index < -0.39 is 0 Å². The van der Waals surface area contributed by atoms with Crippen LogP contribution in [0.1, 0.15) is 12.5 Å². The fourth-order valence-corrected chi connectivity index (χ4v) is 1.33. The van der Waals surface area contributed by atoms with Crippen LogP contribution in [0.25, 0.3) is 10.9 Å². The topological polar surface area (TPSA) is 17.8 Å². The zero-order valence-corrected chi connectivity index (χ0v) is 7.49. The van der Waals surface area contributed by atoms with Crippen molar-refractivity contribution in [3.8, 4) is 12.3 Å². The molecule has 0 saturated carbocycles. The third kappa shape index (κ3) is 1.29. The first-order valence-electron chi connectivity index (χ1n) is 4.27. The van der Waals surface area contributed by atoms with E-state index in [0.29, 0.717) is 0 Å². The van der Waals surface area contributed by atoms with Crippen LogP contribution in [0.4, 0.5) is 0 Å². The summed E-state index contributed by atoms with van der Waals surface area (Å²) in [6.45, 7) is 2.95. The standard InChI is InChI=1S/C11H10N2/c1-3-9-5-6-11-10(7-9)8-13(4-2)12-11/h1,5-8H,4H2,2H3. The SMILES string of the molecule is C#Cc1ccc2nn(CC)cc2c1. The highest BCUT2D eigenvalue weighted by molar-refractivity contribution is 5.79. The Morgan fingerprint density at radius 1 is 1.54 bits per heavy atom. The van der Waals surface area contributed by atoms with Crippen molar-refractivity contribution in [3.63, 3.8) is 0 Å². The lowest BCUT2D eigenvalue weighted by Crippen LogP contribution is -1.92. The summed E-state index contributed by atoms with van der Waals surface area (Å²) >= 11 is 0. The van der Waals surface area contributed by atoms with Crippen LogP contribution >= 0.6 is 0 Å². The summed E-state index contributed by atoms with van der Waals surface area (Å²) in [5.74, 6) is 2.61. The largest absolute Gasteiger partial charge is 0.272 e. The monoisotopic (exact) mass is 170 g/mol. The molecule has 0 aliphatic rings. The second kappa shape index (κ2) is 2.95. The summed E-state index contributed by atoms with van der Waals surface area (Å²) in [6, 6.07) is 5.85. The minimum absolute atomic E-state index is 0.889. The van der Waals surface area contributed by atoms with Crippen molar-refractivity contribution in [1.29, 1.82) is 0 Å². The first-order chi connectivity index (χ1) is 6.33. The number of rotatable bonds is 1.